The number of methoxy groups -OCH3 is 3. The molecule has 1 saturated carbocycles. The minimum atomic E-state index is -0.507. The summed E-state index contributed by atoms with van der Waals surface area (Å²) in [6, 6.07) is 3.55. The van der Waals surface area contributed by atoms with Gasteiger partial charge in [0, 0.05) is 11.6 Å². The number of aliphatic hydroxyl groups excluding tert-OH is 1. The molecule has 18 heavy (non-hydrogen) atoms. The van der Waals surface area contributed by atoms with Crippen molar-refractivity contribution in [3.63, 3.8) is 0 Å². The van der Waals surface area contributed by atoms with E-state index in [9.17, 15) is 5.11 Å². The molecule has 0 radical (unpaired) electrons. The van der Waals surface area contributed by atoms with E-state index in [4.69, 9.17) is 14.2 Å². The molecule has 100 valence electrons. The van der Waals surface area contributed by atoms with Crippen molar-refractivity contribution in [1.29, 1.82) is 0 Å². The van der Waals surface area contributed by atoms with Gasteiger partial charge in [-0.3, -0.25) is 0 Å². The van der Waals surface area contributed by atoms with Crippen LogP contribution in [0.3, 0.4) is 0 Å². The van der Waals surface area contributed by atoms with Crippen molar-refractivity contribution < 1.29 is 19.3 Å². The van der Waals surface area contributed by atoms with Crippen LogP contribution < -0.4 is 14.2 Å². The zero-order valence-corrected chi connectivity index (χ0v) is 11.1. The van der Waals surface area contributed by atoms with Gasteiger partial charge in [0.05, 0.1) is 27.4 Å². The van der Waals surface area contributed by atoms with E-state index in [2.05, 4.69) is 0 Å². The lowest BCUT2D eigenvalue weighted by molar-refractivity contribution is 0.156. The lowest BCUT2D eigenvalue weighted by atomic mass is 10.0. The van der Waals surface area contributed by atoms with Crippen LogP contribution in [0.25, 0.3) is 0 Å². The van der Waals surface area contributed by atoms with Crippen LogP contribution in [0.5, 0.6) is 17.2 Å². The topological polar surface area (TPSA) is 47.9 Å². The van der Waals surface area contributed by atoms with Crippen LogP contribution in [0.1, 0.15) is 30.9 Å². The van der Waals surface area contributed by atoms with Gasteiger partial charge in [0.25, 0.3) is 0 Å². The summed E-state index contributed by atoms with van der Waals surface area (Å²) in [6.45, 7) is 0. The SMILES string of the molecule is COc1cc(OC)c(C(O)CC2CC2)cc1OC. The molecule has 1 fully saturated rings. The molecule has 0 heterocycles. The fraction of sp³-hybridized carbons (Fsp3) is 0.571. The van der Waals surface area contributed by atoms with Crippen molar-refractivity contribution in [3.05, 3.63) is 17.7 Å². The van der Waals surface area contributed by atoms with E-state index in [1.54, 1.807) is 33.5 Å². The van der Waals surface area contributed by atoms with Gasteiger partial charge < -0.3 is 19.3 Å². The molecule has 1 aromatic carbocycles. The maximum atomic E-state index is 10.3. The monoisotopic (exact) mass is 252 g/mol. The highest BCUT2D eigenvalue weighted by Gasteiger charge is 2.27. The first-order valence-corrected chi connectivity index (χ1v) is 6.17. The third kappa shape index (κ3) is 2.70. The van der Waals surface area contributed by atoms with Gasteiger partial charge in [0.15, 0.2) is 11.5 Å². The summed E-state index contributed by atoms with van der Waals surface area (Å²) in [6.07, 6.45) is 2.71. The molecule has 1 aliphatic rings. The van der Waals surface area contributed by atoms with E-state index in [0.717, 1.165) is 12.0 Å². The van der Waals surface area contributed by atoms with Gasteiger partial charge in [-0.1, -0.05) is 12.8 Å². The Morgan fingerprint density at radius 1 is 1.06 bits per heavy atom. The van der Waals surface area contributed by atoms with E-state index in [1.165, 1.54) is 12.8 Å². The van der Waals surface area contributed by atoms with Crippen molar-refractivity contribution in [2.75, 3.05) is 21.3 Å². The number of ether oxygens (including phenoxy) is 3. The van der Waals surface area contributed by atoms with Gasteiger partial charge in [-0.25, -0.2) is 0 Å². The second-order valence-electron chi connectivity index (χ2n) is 4.64. The van der Waals surface area contributed by atoms with E-state index >= 15 is 0 Å². The van der Waals surface area contributed by atoms with Gasteiger partial charge >= 0.3 is 0 Å². The Hall–Kier alpha value is -1.42. The molecule has 1 N–H and O–H groups in total. The predicted molar refractivity (Wildman–Crippen MR) is 68.4 cm³/mol. The zero-order valence-electron chi connectivity index (χ0n) is 11.1. The Morgan fingerprint density at radius 3 is 2.11 bits per heavy atom. The minimum absolute atomic E-state index is 0.507. The molecule has 2 rings (SSSR count). The largest absolute Gasteiger partial charge is 0.496 e. The van der Waals surface area contributed by atoms with Crippen molar-refractivity contribution >= 4 is 0 Å². The average molecular weight is 252 g/mol. The molecule has 0 aromatic heterocycles. The van der Waals surface area contributed by atoms with Crippen LogP contribution in [0.15, 0.2) is 12.1 Å². The van der Waals surface area contributed by atoms with E-state index in [0.29, 0.717) is 23.2 Å². The molecule has 4 heteroatoms. The number of aliphatic hydroxyl groups is 1. The van der Waals surface area contributed by atoms with Gasteiger partial charge in [0.2, 0.25) is 0 Å². The van der Waals surface area contributed by atoms with Crippen molar-refractivity contribution in [2.24, 2.45) is 5.92 Å². The Kier molecular flexibility index (Phi) is 3.97. The zero-order chi connectivity index (χ0) is 13.1. The summed E-state index contributed by atoms with van der Waals surface area (Å²) in [5.74, 6) is 2.51. The Bertz CT molecular complexity index is 413. The average Bonchev–Trinajstić information content (AvgIpc) is 3.20. The lowest BCUT2D eigenvalue weighted by Gasteiger charge is -2.17. The molecular weight excluding hydrogens is 232 g/mol. The molecule has 1 unspecified atom stereocenters. The highest BCUT2D eigenvalue weighted by molar-refractivity contribution is 5.51. The first-order valence-electron chi connectivity index (χ1n) is 6.17. The van der Waals surface area contributed by atoms with Crippen LogP contribution in [-0.4, -0.2) is 26.4 Å². The van der Waals surface area contributed by atoms with E-state index in [-0.39, 0.29) is 0 Å². The highest BCUT2D eigenvalue weighted by Crippen LogP contribution is 2.42. The van der Waals surface area contributed by atoms with E-state index in [1.807, 2.05) is 0 Å². The van der Waals surface area contributed by atoms with Crippen LogP contribution in [0.2, 0.25) is 0 Å². The predicted octanol–water partition coefficient (Wildman–Crippen LogP) is 2.55. The van der Waals surface area contributed by atoms with Gasteiger partial charge in [0.1, 0.15) is 5.75 Å². The van der Waals surface area contributed by atoms with Gasteiger partial charge in [-0.15, -0.1) is 0 Å². The quantitative estimate of drug-likeness (QED) is 0.845. The standard InChI is InChI=1S/C14H20O4/c1-16-12-8-14(18-3)13(17-2)7-10(12)11(15)6-9-4-5-9/h7-9,11,15H,4-6H2,1-3H3. The highest BCUT2D eigenvalue weighted by atomic mass is 16.5. The fourth-order valence-electron chi connectivity index (χ4n) is 2.11. The van der Waals surface area contributed by atoms with Crippen molar-refractivity contribution in [3.8, 4) is 17.2 Å². The fourth-order valence-corrected chi connectivity index (χ4v) is 2.11. The van der Waals surface area contributed by atoms with Crippen molar-refractivity contribution in [2.45, 2.75) is 25.4 Å². The normalized spacial score (nSPS) is 16.2. The molecule has 0 saturated heterocycles. The maximum absolute atomic E-state index is 10.3. The third-order valence-corrected chi connectivity index (χ3v) is 3.35. The first kappa shape index (κ1) is 13.0. The summed E-state index contributed by atoms with van der Waals surface area (Å²) in [5, 5.41) is 10.3. The number of rotatable bonds is 6. The first-order chi connectivity index (χ1) is 8.69. The Morgan fingerprint density at radius 2 is 1.61 bits per heavy atom. The van der Waals surface area contributed by atoms with Crippen LogP contribution in [0, 0.1) is 5.92 Å². The number of hydrogen-bond donors (Lipinski definition) is 1. The van der Waals surface area contributed by atoms with Gasteiger partial charge in [-0.2, -0.15) is 0 Å². The molecular formula is C14H20O4. The second kappa shape index (κ2) is 5.48. The third-order valence-electron chi connectivity index (χ3n) is 3.35. The number of hydrogen-bond acceptors (Lipinski definition) is 4. The minimum Gasteiger partial charge on any atom is -0.496 e. The lowest BCUT2D eigenvalue weighted by Crippen LogP contribution is -2.03. The molecule has 0 spiro atoms. The Balaban J connectivity index is 2.30. The molecule has 0 aliphatic heterocycles. The summed E-state index contributed by atoms with van der Waals surface area (Å²) < 4.78 is 15.8. The molecule has 1 atom stereocenters. The van der Waals surface area contributed by atoms with Crippen LogP contribution in [0.4, 0.5) is 0 Å². The van der Waals surface area contributed by atoms with Crippen LogP contribution >= 0.6 is 0 Å². The van der Waals surface area contributed by atoms with Crippen molar-refractivity contribution in [1.82, 2.24) is 0 Å². The van der Waals surface area contributed by atoms with Crippen LogP contribution in [-0.2, 0) is 0 Å². The Labute approximate surface area is 107 Å². The number of benzene rings is 1. The maximum Gasteiger partial charge on any atom is 0.164 e. The molecule has 4 nitrogen and oxygen atoms in total. The second-order valence-corrected chi connectivity index (χ2v) is 4.64. The molecule has 0 amide bonds. The summed E-state index contributed by atoms with van der Waals surface area (Å²) in [7, 11) is 4.76. The van der Waals surface area contributed by atoms with Gasteiger partial charge in [-0.05, 0) is 18.4 Å². The summed E-state index contributed by atoms with van der Waals surface area (Å²) >= 11 is 0. The molecule has 1 aliphatic carbocycles. The molecule has 0 bridgehead atoms. The smallest absolute Gasteiger partial charge is 0.164 e. The van der Waals surface area contributed by atoms with E-state index < -0.39 is 6.10 Å². The summed E-state index contributed by atoms with van der Waals surface area (Å²) in [5.41, 5.74) is 0.766. The molecule has 1 aromatic rings. The summed E-state index contributed by atoms with van der Waals surface area (Å²) in [4.78, 5) is 0.